The van der Waals surface area contributed by atoms with Crippen molar-refractivity contribution >= 4 is 68.9 Å². The molecule has 3 rings (SSSR count). The summed E-state index contributed by atoms with van der Waals surface area (Å²) in [5.74, 6) is 0.222. The van der Waals surface area contributed by atoms with Crippen LogP contribution in [0.15, 0.2) is 35.1 Å². The third-order valence-corrected chi connectivity index (χ3v) is 4.48. The summed E-state index contributed by atoms with van der Waals surface area (Å²) in [5.41, 5.74) is 0.613. The van der Waals surface area contributed by atoms with Crippen LogP contribution in [0.3, 0.4) is 0 Å². The molecule has 112 valence electrons. The second kappa shape index (κ2) is 5.97. The van der Waals surface area contributed by atoms with E-state index >= 15 is 0 Å². The lowest BCUT2D eigenvalue weighted by Gasteiger charge is -2.08. The molecule has 0 fully saturated rings. The molecule has 0 bridgehead atoms. The average molecular weight is 375 g/mol. The van der Waals surface area contributed by atoms with Crippen molar-refractivity contribution in [2.45, 2.75) is 0 Å². The monoisotopic (exact) mass is 373 g/mol. The van der Waals surface area contributed by atoms with Gasteiger partial charge in [0.05, 0.1) is 31.0 Å². The van der Waals surface area contributed by atoms with Gasteiger partial charge in [0.1, 0.15) is 0 Å². The molecule has 0 saturated carbocycles. The van der Waals surface area contributed by atoms with Gasteiger partial charge in [-0.1, -0.05) is 46.4 Å². The molecule has 0 unspecified atom stereocenters. The molecule has 22 heavy (non-hydrogen) atoms. The Labute approximate surface area is 145 Å². The van der Waals surface area contributed by atoms with E-state index in [2.05, 4.69) is 15.3 Å². The highest BCUT2D eigenvalue weighted by molar-refractivity contribution is 6.45. The zero-order valence-corrected chi connectivity index (χ0v) is 13.8. The van der Waals surface area contributed by atoms with E-state index in [9.17, 15) is 4.79 Å². The summed E-state index contributed by atoms with van der Waals surface area (Å²) in [6.45, 7) is 0. The van der Waals surface area contributed by atoms with Gasteiger partial charge in [-0.05, 0) is 30.3 Å². The maximum Gasteiger partial charge on any atom is 0.260 e. The van der Waals surface area contributed by atoms with Crippen molar-refractivity contribution in [3.05, 3.63) is 60.8 Å². The number of nitrogens with zero attached hydrogens (tertiary/aromatic N) is 1. The van der Waals surface area contributed by atoms with Gasteiger partial charge in [0.25, 0.3) is 5.56 Å². The molecule has 1 aromatic heterocycles. The summed E-state index contributed by atoms with van der Waals surface area (Å²) in [6.07, 6.45) is 0. The van der Waals surface area contributed by atoms with E-state index in [1.54, 1.807) is 30.3 Å². The molecular formula is C14H7Cl4N3O. The normalized spacial score (nSPS) is 10.9. The van der Waals surface area contributed by atoms with Gasteiger partial charge in [-0.3, -0.25) is 9.78 Å². The minimum absolute atomic E-state index is 0.222. The Morgan fingerprint density at radius 1 is 0.955 bits per heavy atom. The van der Waals surface area contributed by atoms with Gasteiger partial charge in [-0.15, -0.1) is 0 Å². The largest absolute Gasteiger partial charge is 0.326 e. The Morgan fingerprint density at radius 2 is 1.68 bits per heavy atom. The molecule has 0 atom stereocenters. The zero-order valence-electron chi connectivity index (χ0n) is 10.8. The van der Waals surface area contributed by atoms with Gasteiger partial charge in [0.2, 0.25) is 5.95 Å². The summed E-state index contributed by atoms with van der Waals surface area (Å²) >= 11 is 23.9. The van der Waals surface area contributed by atoms with Crippen molar-refractivity contribution < 1.29 is 0 Å². The highest BCUT2D eigenvalue weighted by Gasteiger charge is 2.10. The van der Waals surface area contributed by atoms with Crippen LogP contribution in [0.2, 0.25) is 20.1 Å². The Kier molecular flexibility index (Phi) is 4.19. The number of benzene rings is 2. The summed E-state index contributed by atoms with van der Waals surface area (Å²) in [7, 11) is 0. The summed E-state index contributed by atoms with van der Waals surface area (Å²) in [6, 6.07) is 8.08. The van der Waals surface area contributed by atoms with E-state index in [0.29, 0.717) is 31.7 Å². The van der Waals surface area contributed by atoms with Crippen LogP contribution < -0.4 is 10.9 Å². The number of nitrogens with one attached hydrogen (secondary N) is 2. The predicted molar refractivity (Wildman–Crippen MR) is 92.1 cm³/mol. The van der Waals surface area contributed by atoms with Gasteiger partial charge in [-0.2, -0.15) is 0 Å². The van der Waals surface area contributed by atoms with E-state index in [1.165, 1.54) is 0 Å². The van der Waals surface area contributed by atoms with E-state index in [4.69, 9.17) is 46.4 Å². The van der Waals surface area contributed by atoms with Gasteiger partial charge >= 0.3 is 0 Å². The van der Waals surface area contributed by atoms with E-state index in [1.807, 2.05) is 0 Å². The molecule has 2 N–H and O–H groups in total. The zero-order chi connectivity index (χ0) is 15.9. The summed E-state index contributed by atoms with van der Waals surface area (Å²) in [5, 5.41) is 4.66. The number of hydrogen-bond donors (Lipinski definition) is 2. The van der Waals surface area contributed by atoms with Crippen molar-refractivity contribution in [2.75, 3.05) is 5.32 Å². The van der Waals surface area contributed by atoms with Gasteiger partial charge < -0.3 is 5.32 Å². The van der Waals surface area contributed by atoms with Crippen molar-refractivity contribution in [2.24, 2.45) is 0 Å². The van der Waals surface area contributed by atoms with Crippen molar-refractivity contribution in [1.29, 1.82) is 0 Å². The van der Waals surface area contributed by atoms with Crippen molar-refractivity contribution in [3.63, 3.8) is 0 Å². The average Bonchev–Trinajstić information content (AvgIpc) is 2.47. The third kappa shape index (κ3) is 2.88. The SMILES string of the molecule is O=c1[nH]c(Nc2ccc(Cl)c(Cl)c2)nc2c(Cl)c(Cl)ccc12. The lowest BCUT2D eigenvalue weighted by atomic mass is 10.2. The van der Waals surface area contributed by atoms with E-state index < -0.39 is 0 Å². The molecule has 0 saturated heterocycles. The molecule has 0 spiro atoms. The predicted octanol–water partition coefficient (Wildman–Crippen LogP) is 5.28. The van der Waals surface area contributed by atoms with Gasteiger partial charge in [0.15, 0.2) is 0 Å². The van der Waals surface area contributed by atoms with Crippen LogP contribution in [-0.2, 0) is 0 Å². The Bertz CT molecular complexity index is 939. The molecular weight excluding hydrogens is 368 g/mol. The number of aromatic nitrogens is 2. The molecule has 0 aliphatic carbocycles. The first-order chi connectivity index (χ1) is 10.5. The maximum atomic E-state index is 12.1. The van der Waals surface area contributed by atoms with E-state index in [0.717, 1.165) is 0 Å². The number of fused-ring (bicyclic) bond motifs is 1. The molecule has 2 aromatic carbocycles. The van der Waals surface area contributed by atoms with Gasteiger partial charge in [0, 0.05) is 5.69 Å². The van der Waals surface area contributed by atoms with Gasteiger partial charge in [-0.25, -0.2) is 4.98 Å². The fraction of sp³-hybridized carbons (Fsp3) is 0. The minimum atomic E-state index is -0.328. The Balaban J connectivity index is 2.09. The van der Waals surface area contributed by atoms with E-state index in [-0.39, 0.29) is 16.5 Å². The molecule has 1 heterocycles. The fourth-order valence-electron chi connectivity index (χ4n) is 1.92. The molecule has 0 aliphatic heterocycles. The highest BCUT2D eigenvalue weighted by atomic mass is 35.5. The number of hydrogen-bond acceptors (Lipinski definition) is 3. The molecule has 0 aliphatic rings. The number of rotatable bonds is 2. The highest BCUT2D eigenvalue weighted by Crippen LogP contribution is 2.29. The van der Waals surface area contributed by atoms with Crippen LogP contribution in [0, 0.1) is 0 Å². The molecule has 0 radical (unpaired) electrons. The Morgan fingerprint density at radius 3 is 2.41 bits per heavy atom. The van der Waals surface area contributed by atoms with Crippen LogP contribution in [0.4, 0.5) is 11.6 Å². The smallest absolute Gasteiger partial charge is 0.260 e. The molecule has 8 heteroatoms. The van der Waals surface area contributed by atoms with Crippen LogP contribution in [0.25, 0.3) is 10.9 Å². The standard InChI is InChI=1S/C14H7Cl4N3O/c15-8-3-1-6(5-10(8)17)19-14-20-12-7(13(22)21-14)2-4-9(16)11(12)18/h1-5H,(H2,19,20,21,22). The lowest BCUT2D eigenvalue weighted by Crippen LogP contribution is -2.11. The van der Waals surface area contributed by atoms with Crippen LogP contribution in [-0.4, -0.2) is 9.97 Å². The van der Waals surface area contributed by atoms with Crippen molar-refractivity contribution in [3.8, 4) is 0 Å². The fourth-order valence-corrected chi connectivity index (χ4v) is 2.57. The number of anilines is 2. The second-order valence-corrected chi connectivity index (χ2v) is 6.03. The maximum absolute atomic E-state index is 12.1. The topological polar surface area (TPSA) is 57.8 Å². The number of aromatic amines is 1. The molecule has 4 nitrogen and oxygen atoms in total. The molecule has 0 amide bonds. The second-order valence-electron chi connectivity index (χ2n) is 4.43. The summed E-state index contributed by atoms with van der Waals surface area (Å²) in [4.78, 5) is 19.0. The minimum Gasteiger partial charge on any atom is -0.326 e. The van der Waals surface area contributed by atoms with Crippen LogP contribution in [0.5, 0.6) is 0 Å². The Hall–Kier alpha value is -1.46. The first-order valence-corrected chi connectivity index (χ1v) is 7.57. The number of halogens is 4. The van der Waals surface area contributed by atoms with Crippen LogP contribution in [0.1, 0.15) is 0 Å². The first kappa shape index (κ1) is 15.4. The molecule has 3 aromatic rings. The first-order valence-electron chi connectivity index (χ1n) is 6.06. The lowest BCUT2D eigenvalue weighted by molar-refractivity contribution is 1.17. The number of H-pyrrole nitrogens is 1. The third-order valence-electron chi connectivity index (χ3n) is 2.95. The van der Waals surface area contributed by atoms with Crippen molar-refractivity contribution in [1.82, 2.24) is 9.97 Å². The quantitative estimate of drug-likeness (QED) is 0.641. The van der Waals surface area contributed by atoms with Crippen LogP contribution >= 0.6 is 46.4 Å². The summed E-state index contributed by atoms with van der Waals surface area (Å²) < 4.78 is 0.